The van der Waals surface area contributed by atoms with Crippen molar-refractivity contribution in [2.24, 2.45) is 0 Å². The number of aliphatic hydroxyl groups is 4. The minimum atomic E-state index is -1.61. The Hall–Kier alpha value is -3.80. The summed E-state index contributed by atoms with van der Waals surface area (Å²) in [5.74, 6) is -0.725. The molecular formula is C26H22O10. The van der Waals surface area contributed by atoms with Crippen molar-refractivity contribution in [2.45, 2.75) is 30.7 Å². The molecule has 186 valence electrons. The number of benzene rings is 3. The molecule has 5 N–H and O–H groups in total. The first-order chi connectivity index (χ1) is 17.3. The Balaban J connectivity index is 1.64. The van der Waals surface area contributed by atoms with Crippen LogP contribution < -0.4 is 10.2 Å². The van der Waals surface area contributed by atoms with Crippen LogP contribution in [0.3, 0.4) is 0 Å². The van der Waals surface area contributed by atoms with Gasteiger partial charge in [-0.1, -0.05) is 18.2 Å². The van der Waals surface area contributed by atoms with Crippen LogP contribution in [-0.4, -0.2) is 68.8 Å². The van der Waals surface area contributed by atoms with E-state index in [4.69, 9.17) is 13.9 Å². The highest BCUT2D eigenvalue weighted by Gasteiger charge is 2.44. The maximum absolute atomic E-state index is 12.0. The van der Waals surface area contributed by atoms with Gasteiger partial charge in [-0.3, -0.25) is 4.79 Å². The molecule has 1 fully saturated rings. The van der Waals surface area contributed by atoms with E-state index in [1.165, 1.54) is 24.3 Å². The van der Waals surface area contributed by atoms with E-state index in [0.717, 1.165) is 0 Å². The Bertz CT molecular complexity index is 1460. The number of carboxylic acid groups (broad SMARTS) is 1. The fourth-order valence-corrected chi connectivity index (χ4v) is 4.40. The molecule has 0 saturated carbocycles. The van der Waals surface area contributed by atoms with Gasteiger partial charge >= 0.3 is 5.97 Å². The summed E-state index contributed by atoms with van der Waals surface area (Å²) in [6, 6.07) is 15.4. The van der Waals surface area contributed by atoms with E-state index in [1.807, 2.05) is 0 Å². The maximum Gasteiger partial charge on any atom is 0.336 e. The van der Waals surface area contributed by atoms with Crippen molar-refractivity contribution in [3.63, 3.8) is 0 Å². The smallest absolute Gasteiger partial charge is 0.336 e. The van der Waals surface area contributed by atoms with Crippen LogP contribution >= 0.6 is 0 Å². The zero-order chi connectivity index (χ0) is 25.6. The van der Waals surface area contributed by atoms with Crippen LogP contribution in [0.1, 0.15) is 10.4 Å². The largest absolute Gasteiger partial charge is 0.478 e. The first kappa shape index (κ1) is 23.9. The number of aromatic carboxylic acids is 1. The van der Waals surface area contributed by atoms with E-state index in [0.29, 0.717) is 22.1 Å². The van der Waals surface area contributed by atoms with Gasteiger partial charge < -0.3 is 39.4 Å². The lowest BCUT2D eigenvalue weighted by Gasteiger charge is -2.39. The Morgan fingerprint density at radius 3 is 2.44 bits per heavy atom. The van der Waals surface area contributed by atoms with Crippen LogP contribution in [0.15, 0.2) is 69.9 Å². The molecule has 10 heteroatoms. The predicted molar refractivity (Wildman–Crippen MR) is 126 cm³/mol. The third-order valence-corrected chi connectivity index (χ3v) is 6.19. The first-order valence-corrected chi connectivity index (χ1v) is 11.1. The monoisotopic (exact) mass is 494 g/mol. The number of hydrogen-bond donors (Lipinski definition) is 5. The molecule has 36 heavy (non-hydrogen) atoms. The highest BCUT2D eigenvalue weighted by Crippen LogP contribution is 2.42. The summed E-state index contributed by atoms with van der Waals surface area (Å²) in [6.07, 6.45) is -7.28. The van der Waals surface area contributed by atoms with Gasteiger partial charge in [0.05, 0.1) is 12.2 Å². The zero-order valence-corrected chi connectivity index (χ0v) is 18.6. The summed E-state index contributed by atoms with van der Waals surface area (Å²) in [7, 11) is 0. The minimum absolute atomic E-state index is 0.0687. The Morgan fingerprint density at radius 2 is 1.69 bits per heavy atom. The van der Waals surface area contributed by atoms with Gasteiger partial charge in [0.2, 0.25) is 6.29 Å². The number of ether oxygens (including phenoxy) is 2. The third-order valence-electron chi connectivity index (χ3n) is 6.19. The van der Waals surface area contributed by atoms with Gasteiger partial charge in [0, 0.05) is 28.6 Å². The third kappa shape index (κ3) is 4.11. The Morgan fingerprint density at radius 1 is 0.917 bits per heavy atom. The zero-order valence-electron chi connectivity index (χ0n) is 18.6. The fourth-order valence-electron chi connectivity index (χ4n) is 4.40. The number of carbonyl (C=O) groups is 1. The molecule has 5 atom stereocenters. The average Bonchev–Trinajstić information content (AvgIpc) is 2.87. The van der Waals surface area contributed by atoms with Crippen molar-refractivity contribution < 1.29 is 44.2 Å². The van der Waals surface area contributed by atoms with E-state index in [2.05, 4.69) is 0 Å². The predicted octanol–water partition coefficient (Wildman–Crippen LogP) is 1.44. The van der Waals surface area contributed by atoms with E-state index < -0.39 is 43.3 Å². The lowest BCUT2D eigenvalue weighted by atomic mass is 9.91. The van der Waals surface area contributed by atoms with Crippen LogP contribution in [0.4, 0.5) is 0 Å². The lowest BCUT2D eigenvalue weighted by molar-refractivity contribution is -0.277. The standard InChI is InChI=1S/C26H22O10/c27-11-20-22(29)23(30)24(31)26(36-20)34-13-6-8-17-19(10-13)35-18-9-12(28)5-7-16(18)21(17)14-3-1-2-4-15(14)25(32)33/h1-10,20,22-24,26-27,29-31H,11H2,(H,32,33)/t20-,22-,23+,24-,26-/m1/s1. The molecule has 0 amide bonds. The molecule has 0 spiro atoms. The van der Waals surface area contributed by atoms with Gasteiger partial charge in [-0.2, -0.15) is 0 Å². The minimum Gasteiger partial charge on any atom is -0.478 e. The lowest BCUT2D eigenvalue weighted by Crippen LogP contribution is -2.60. The second-order valence-corrected chi connectivity index (χ2v) is 8.46. The maximum atomic E-state index is 12.0. The highest BCUT2D eigenvalue weighted by atomic mass is 16.7. The molecule has 0 bridgehead atoms. The van der Waals surface area contributed by atoms with Crippen molar-refractivity contribution in [1.82, 2.24) is 0 Å². The quantitative estimate of drug-likeness (QED) is 0.256. The second-order valence-electron chi connectivity index (χ2n) is 8.46. The normalized spacial score (nSPS) is 24.2. The summed E-state index contributed by atoms with van der Waals surface area (Å²) in [4.78, 5) is 24.0. The number of hydrogen-bond acceptors (Lipinski definition) is 9. The molecular weight excluding hydrogens is 472 g/mol. The van der Waals surface area contributed by atoms with Crippen molar-refractivity contribution in [1.29, 1.82) is 0 Å². The van der Waals surface area contributed by atoms with Crippen molar-refractivity contribution >= 4 is 16.9 Å². The molecule has 3 aliphatic rings. The van der Waals surface area contributed by atoms with E-state index in [9.17, 15) is 35.1 Å². The van der Waals surface area contributed by atoms with Crippen LogP contribution in [-0.2, 0) is 4.74 Å². The number of aliphatic hydroxyl groups excluding tert-OH is 4. The SMILES string of the molecule is O=C(O)c1ccccc1-c1c2ccc(=O)cc-2oc2cc(O[C@@H]3O[C@H](CO)[C@@H](O)[C@H](O)[C@H]3O)ccc12. The number of carboxylic acids is 1. The van der Waals surface area contributed by atoms with Gasteiger partial charge in [0.1, 0.15) is 41.5 Å². The molecule has 0 aromatic heterocycles. The van der Waals surface area contributed by atoms with Gasteiger partial charge in [0.15, 0.2) is 5.43 Å². The molecule has 1 saturated heterocycles. The van der Waals surface area contributed by atoms with Crippen LogP contribution in [0, 0.1) is 0 Å². The highest BCUT2D eigenvalue weighted by molar-refractivity contribution is 6.07. The Labute approximate surface area is 203 Å². The summed E-state index contributed by atoms with van der Waals surface area (Å²) in [5.41, 5.74) is 1.54. The summed E-state index contributed by atoms with van der Waals surface area (Å²) in [6.45, 7) is -0.603. The molecule has 10 nitrogen and oxygen atoms in total. The first-order valence-electron chi connectivity index (χ1n) is 11.1. The molecule has 2 aromatic carbocycles. The summed E-state index contributed by atoms with van der Waals surface area (Å²) >= 11 is 0. The van der Waals surface area contributed by atoms with E-state index >= 15 is 0 Å². The molecule has 0 radical (unpaired) electrons. The fraction of sp³-hybridized carbons (Fsp3) is 0.231. The van der Waals surface area contributed by atoms with Gasteiger partial charge in [0.25, 0.3) is 0 Å². The number of fused-ring (bicyclic) bond motifs is 2. The van der Waals surface area contributed by atoms with Crippen LogP contribution in [0.2, 0.25) is 0 Å². The summed E-state index contributed by atoms with van der Waals surface area (Å²) in [5, 5.41) is 50.0. The second kappa shape index (κ2) is 9.34. The topological polar surface area (TPSA) is 167 Å². The molecule has 5 rings (SSSR count). The van der Waals surface area contributed by atoms with Crippen LogP contribution in [0.25, 0.3) is 33.4 Å². The molecule has 0 unspecified atom stereocenters. The van der Waals surface area contributed by atoms with Crippen molar-refractivity contribution in [3.05, 3.63) is 76.5 Å². The van der Waals surface area contributed by atoms with E-state index in [-0.39, 0.29) is 28.1 Å². The van der Waals surface area contributed by atoms with Crippen molar-refractivity contribution in [3.8, 4) is 28.2 Å². The molecule has 2 heterocycles. The average molecular weight is 494 g/mol. The van der Waals surface area contributed by atoms with Crippen LogP contribution in [0.5, 0.6) is 5.75 Å². The van der Waals surface area contributed by atoms with Crippen molar-refractivity contribution in [2.75, 3.05) is 6.61 Å². The van der Waals surface area contributed by atoms with Gasteiger partial charge in [-0.15, -0.1) is 0 Å². The van der Waals surface area contributed by atoms with Gasteiger partial charge in [-0.25, -0.2) is 4.79 Å². The van der Waals surface area contributed by atoms with E-state index in [1.54, 1.807) is 36.4 Å². The summed E-state index contributed by atoms with van der Waals surface area (Å²) < 4.78 is 17.1. The molecule has 2 aromatic rings. The molecule has 1 aliphatic carbocycles. The Kier molecular flexibility index (Phi) is 6.20. The van der Waals surface area contributed by atoms with Gasteiger partial charge in [-0.05, 0) is 35.9 Å². The molecule has 2 aliphatic heterocycles. The number of rotatable bonds is 5.